The van der Waals surface area contributed by atoms with Crippen molar-refractivity contribution < 1.29 is 4.79 Å². The summed E-state index contributed by atoms with van der Waals surface area (Å²) < 4.78 is 0. The van der Waals surface area contributed by atoms with Crippen LogP contribution in [-0.4, -0.2) is 43.0 Å². The van der Waals surface area contributed by atoms with Gasteiger partial charge in [0.1, 0.15) is 0 Å². The number of amides is 1. The Labute approximate surface area is 106 Å². The van der Waals surface area contributed by atoms with Crippen molar-refractivity contribution in [2.24, 2.45) is 5.73 Å². The molecule has 0 radical (unpaired) electrons. The highest BCUT2D eigenvalue weighted by Crippen LogP contribution is 2.12. The van der Waals surface area contributed by atoms with E-state index in [1.807, 2.05) is 0 Å². The number of carbonyl (C=O) groups is 1. The molecule has 0 aliphatic carbocycles. The van der Waals surface area contributed by atoms with E-state index in [9.17, 15) is 4.79 Å². The van der Waals surface area contributed by atoms with E-state index in [0.717, 1.165) is 19.4 Å². The topological polar surface area (TPSA) is 58.4 Å². The molecule has 0 saturated carbocycles. The lowest BCUT2D eigenvalue weighted by Gasteiger charge is -2.35. The van der Waals surface area contributed by atoms with Crippen LogP contribution < -0.4 is 11.1 Å². The summed E-state index contributed by atoms with van der Waals surface area (Å²) in [7, 11) is 1.68. The Kier molecular flexibility index (Phi) is 9.09. The van der Waals surface area contributed by atoms with Gasteiger partial charge in [-0.15, -0.1) is 0 Å². The van der Waals surface area contributed by atoms with Gasteiger partial charge in [0, 0.05) is 32.1 Å². The highest BCUT2D eigenvalue weighted by molar-refractivity contribution is 5.76. The van der Waals surface area contributed by atoms with Gasteiger partial charge in [0.25, 0.3) is 0 Å². The van der Waals surface area contributed by atoms with Crippen molar-refractivity contribution in [3.8, 4) is 0 Å². The Balaban J connectivity index is 4.53. The minimum atomic E-state index is 0.0743. The van der Waals surface area contributed by atoms with Crippen LogP contribution in [0.1, 0.15) is 46.5 Å². The third-order valence-corrected chi connectivity index (χ3v) is 3.37. The van der Waals surface area contributed by atoms with Crippen molar-refractivity contribution in [3.63, 3.8) is 0 Å². The zero-order chi connectivity index (χ0) is 13.3. The fraction of sp³-hybridized carbons (Fsp3) is 0.923. The van der Waals surface area contributed by atoms with Gasteiger partial charge >= 0.3 is 0 Å². The molecule has 0 aromatic rings. The summed E-state index contributed by atoms with van der Waals surface area (Å²) >= 11 is 0. The largest absolute Gasteiger partial charge is 0.359 e. The minimum Gasteiger partial charge on any atom is -0.359 e. The molecule has 0 aromatic heterocycles. The molecule has 17 heavy (non-hydrogen) atoms. The fourth-order valence-electron chi connectivity index (χ4n) is 1.99. The van der Waals surface area contributed by atoms with Gasteiger partial charge in [-0.05, 0) is 26.3 Å². The normalized spacial score (nSPS) is 14.7. The maximum absolute atomic E-state index is 11.5. The van der Waals surface area contributed by atoms with Crippen molar-refractivity contribution in [3.05, 3.63) is 0 Å². The Morgan fingerprint density at radius 2 is 2.06 bits per heavy atom. The van der Waals surface area contributed by atoms with Crippen LogP contribution in [0.15, 0.2) is 0 Å². The molecular weight excluding hydrogens is 214 g/mol. The number of unbranched alkanes of at least 4 members (excludes halogenated alkanes) is 1. The van der Waals surface area contributed by atoms with Crippen molar-refractivity contribution >= 4 is 5.91 Å². The standard InChI is InChI=1S/C13H29N3O/c1-5-7-8-16(11(3)6-2)12(10-14)9-13(17)15-4/h11-12H,5-10,14H2,1-4H3,(H,15,17). The lowest BCUT2D eigenvalue weighted by molar-refractivity contribution is -0.122. The molecule has 0 fully saturated rings. The molecule has 0 heterocycles. The fourth-order valence-corrected chi connectivity index (χ4v) is 1.99. The van der Waals surface area contributed by atoms with E-state index in [4.69, 9.17) is 5.73 Å². The third kappa shape index (κ3) is 6.03. The zero-order valence-corrected chi connectivity index (χ0v) is 11.8. The lowest BCUT2D eigenvalue weighted by atomic mass is 10.1. The number of nitrogens with one attached hydrogen (secondary N) is 1. The van der Waals surface area contributed by atoms with Crippen LogP contribution in [0.25, 0.3) is 0 Å². The molecule has 0 saturated heterocycles. The molecule has 0 bridgehead atoms. The third-order valence-electron chi connectivity index (χ3n) is 3.37. The van der Waals surface area contributed by atoms with E-state index in [1.165, 1.54) is 6.42 Å². The first-order valence-electron chi connectivity index (χ1n) is 6.76. The predicted octanol–water partition coefficient (Wildman–Crippen LogP) is 1.35. The molecule has 3 N–H and O–H groups in total. The van der Waals surface area contributed by atoms with Crippen LogP contribution >= 0.6 is 0 Å². The van der Waals surface area contributed by atoms with Crippen molar-refractivity contribution in [1.29, 1.82) is 0 Å². The van der Waals surface area contributed by atoms with Gasteiger partial charge in [-0.2, -0.15) is 0 Å². The molecule has 2 atom stereocenters. The van der Waals surface area contributed by atoms with Gasteiger partial charge < -0.3 is 11.1 Å². The molecule has 2 unspecified atom stereocenters. The first-order valence-corrected chi connectivity index (χ1v) is 6.76. The number of carbonyl (C=O) groups excluding carboxylic acids is 1. The molecule has 4 nitrogen and oxygen atoms in total. The minimum absolute atomic E-state index is 0.0743. The molecule has 0 aliphatic heterocycles. The molecule has 0 rings (SSSR count). The van der Waals surface area contributed by atoms with Crippen LogP contribution in [0.5, 0.6) is 0 Å². The highest BCUT2D eigenvalue weighted by Gasteiger charge is 2.22. The average molecular weight is 243 g/mol. The van der Waals surface area contributed by atoms with Gasteiger partial charge in [0.15, 0.2) is 0 Å². The molecule has 4 heteroatoms. The summed E-state index contributed by atoms with van der Waals surface area (Å²) in [6, 6.07) is 0.649. The lowest BCUT2D eigenvalue weighted by Crippen LogP contribution is -2.48. The van der Waals surface area contributed by atoms with Crippen LogP contribution in [0.2, 0.25) is 0 Å². The van der Waals surface area contributed by atoms with Crippen LogP contribution in [0, 0.1) is 0 Å². The summed E-state index contributed by atoms with van der Waals surface area (Å²) in [5, 5.41) is 2.68. The number of hydrogen-bond acceptors (Lipinski definition) is 3. The van der Waals surface area contributed by atoms with Crippen LogP contribution in [-0.2, 0) is 4.79 Å². The number of rotatable bonds is 9. The summed E-state index contributed by atoms with van der Waals surface area (Å²) in [6.45, 7) is 8.15. The molecule has 0 spiro atoms. The van der Waals surface area contributed by atoms with Crippen molar-refractivity contribution in [1.82, 2.24) is 10.2 Å². The summed E-state index contributed by atoms with van der Waals surface area (Å²) in [5.41, 5.74) is 5.82. The van der Waals surface area contributed by atoms with Crippen molar-refractivity contribution in [2.45, 2.75) is 58.5 Å². The monoisotopic (exact) mass is 243 g/mol. The van der Waals surface area contributed by atoms with Gasteiger partial charge in [-0.3, -0.25) is 9.69 Å². The van der Waals surface area contributed by atoms with E-state index >= 15 is 0 Å². The van der Waals surface area contributed by atoms with Crippen LogP contribution in [0.4, 0.5) is 0 Å². The number of nitrogens with zero attached hydrogens (tertiary/aromatic N) is 1. The first-order chi connectivity index (χ1) is 8.10. The summed E-state index contributed by atoms with van der Waals surface area (Å²) in [6.07, 6.45) is 3.92. The van der Waals surface area contributed by atoms with E-state index in [2.05, 4.69) is 31.0 Å². The zero-order valence-electron chi connectivity index (χ0n) is 11.8. The average Bonchev–Trinajstić information content (AvgIpc) is 2.36. The van der Waals surface area contributed by atoms with E-state index in [1.54, 1.807) is 7.05 Å². The maximum atomic E-state index is 11.5. The van der Waals surface area contributed by atoms with Crippen LogP contribution in [0.3, 0.4) is 0 Å². The second-order valence-electron chi connectivity index (χ2n) is 4.62. The molecule has 0 aliphatic rings. The van der Waals surface area contributed by atoms with Gasteiger partial charge in [0.05, 0.1) is 0 Å². The molecular formula is C13H29N3O. The van der Waals surface area contributed by atoms with E-state index < -0.39 is 0 Å². The Hall–Kier alpha value is -0.610. The molecule has 102 valence electrons. The van der Waals surface area contributed by atoms with Gasteiger partial charge in [0.2, 0.25) is 5.91 Å². The SMILES string of the molecule is CCCCN(C(C)CC)C(CN)CC(=O)NC. The smallest absolute Gasteiger partial charge is 0.221 e. The Morgan fingerprint density at radius 1 is 1.41 bits per heavy atom. The van der Waals surface area contributed by atoms with Crippen molar-refractivity contribution in [2.75, 3.05) is 20.1 Å². The molecule has 0 aromatic carbocycles. The van der Waals surface area contributed by atoms with Gasteiger partial charge in [-0.25, -0.2) is 0 Å². The number of nitrogens with two attached hydrogens (primary N) is 1. The van der Waals surface area contributed by atoms with Gasteiger partial charge in [-0.1, -0.05) is 20.3 Å². The highest BCUT2D eigenvalue weighted by atomic mass is 16.1. The predicted molar refractivity (Wildman–Crippen MR) is 72.9 cm³/mol. The summed E-state index contributed by atoms with van der Waals surface area (Å²) in [4.78, 5) is 13.9. The summed E-state index contributed by atoms with van der Waals surface area (Å²) in [5.74, 6) is 0.0743. The maximum Gasteiger partial charge on any atom is 0.221 e. The first kappa shape index (κ1) is 16.4. The second kappa shape index (κ2) is 9.42. The number of hydrogen-bond donors (Lipinski definition) is 2. The quantitative estimate of drug-likeness (QED) is 0.643. The van der Waals surface area contributed by atoms with E-state index in [0.29, 0.717) is 19.0 Å². The van der Waals surface area contributed by atoms with E-state index in [-0.39, 0.29) is 11.9 Å². The molecule has 1 amide bonds. The Morgan fingerprint density at radius 3 is 2.47 bits per heavy atom. The second-order valence-corrected chi connectivity index (χ2v) is 4.62. The Bertz CT molecular complexity index is 209.